The molecule has 2 rings (SSSR count). The molecule has 0 aliphatic carbocycles. The van der Waals surface area contributed by atoms with Crippen LogP contribution in [0.2, 0.25) is 0 Å². The fraction of sp³-hybridized carbons (Fsp3) is 0.550. The van der Waals surface area contributed by atoms with Crippen LogP contribution < -0.4 is 5.32 Å². The number of hydrogen-bond donors (Lipinski definition) is 1. The van der Waals surface area contributed by atoms with Crippen LogP contribution in [-0.4, -0.2) is 60.0 Å². The number of piperidine rings is 1. The van der Waals surface area contributed by atoms with Gasteiger partial charge in [-0.1, -0.05) is 30.3 Å². The molecular weight excluding hydrogens is 346 g/mol. The quantitative estimate of drug-likeness (QED) is 0.792. The van der Waals surface area contributed by atoms with Crippen LogP contribution in [0.4, 0.5) is 4.79 Å². The van der Waals surface area contributed by atoms with Crippen molar-refractivity contribution in [3.8, 4) is 0 Å². The van der Waals surface area contributed by atoms with Gasteiger partial charge in [-0.15, -0.1) is 0 Å². The lowest BCUT2D eigenvalue weighted by molar-refractivity contribution is -0.130. The summed E-state index contributed by atoms with van der Waals surface area (Å²) >= 11 is 0. The average molecular weight is 375 g/mol. The van der Waals surface area contributed by atoms with Crippen molar-refractivity contribution in [1.82, 2.24) is 15.1 Å². The first kappa shape index (κ1) is 20.7. The maximum atomic E-state index is 12.3. The van der Waals surface area contributed by atoms with E-state index in [9.17, 15) is 14.4 Å². The van der Waals surface area contributed by atoms with Crippen molar-refractivity contribution in [1.29, 1.82) is 0 Å². The minimum Gasteiger partial charge on any atom is -0.450 e. The third-order valence-electron chi connectivity index (χ3n) is 4.66. The number of carbonyl (C=O) groups is 3. The summed E-state index contributed by atoms with van der Waals surface area (Å²) in [6.07, 6.45) is 1.40. The van der Waals surface area contributed by atoms with Gasteiger partial charge in [0.1, 0.15) is 0 Å². The molecule has 1 aromatic carbocycles. The third kappa shape index (κ3) is 6.92. The Morgan fingerprint density at radius 3 is 2.44 bits per heavy atom. The second kappa shape index (κ2) is 10.5. The fourth-order valence-electron chi connectivity index (χ4n) is 3.11. The SMILES string of the molecule is CCOC(=O)N1CCC(NC(=O)CCN(Cc2ccccc2)C(C)=O)CC1. The average Bonchev–Trinajstić information content (AvgIpc) is 2.66. The highest BCUT2D eigenvalue weighted by atomic mass is 16.6. The van der Waals surface area contributed by atoms with E-state index in [1.54, 1.807) is 16.7 Å². The molecule has 148 valence electrons. The summed E-state index contributed by atoms with van der Waals surface area (Å²) < 4.78 is 5.00. The van der Waals surface area contributed by atoms with Gasteiger partial charge in [0.05, 0.1) is 6.61 Å². The zero-order valence-corrected chi connectivity index (χ0v) is 16.1. The molecule has 1 aromatic rings. The molecule has 27 heavy (non-hydrogen) atoms. The molecule has 1 saturated heterocycles. The van der Waals surface area contributed by atoms with E-state index in [4.69, 9.17) is 4.74 Å². The van der Waals surface area contributed by atoms with Crippen molar-refractivity contribution < 1.29 is 19.1 Å². The third-order valence-corrected chi connectivity index (χ3v) is 4.66. The minimum absolute atomic E-state index is 0.0469. The summed E-state index contributed by atoms with van der Waals surface area (Å²) in [5, 5.41) is 3.01. The Kier molecular flexibility index (Phi) is 8.10. The second-order valence-corrected chi connectivity index (χ2v) is 6.70. The van der Waals surface area contributed by atoms with E-state index >= 15 is 0 Å². The molecule has 1 N–H and O–H groups in total. The van der Waals surface area contributed by atoms with Crippen LogP contribution in [0.25, 0.3) is 0 Å². The van der Waals surface area contributed by atoms with Crippen molar-refractivity contribution in [2.24, 2.45) is 0 Å². The van der Waals surface area contributed by atoms with E-state index in [-0.39, 0.29) is 30.4 Å². The standard InChI is InChI=1S/C20H29N3O4/c1-3-27-20(26)22-12-9-18(10-13-22)21-19(25)11-14-23(16(2)24)15-17-7-5-4-6-8-17/h4-8,18H,3,9-15H2,1-2H3,(H,21,25). The van der Waals surface area contributed by atoms with E-state index in [0.29, 0.717) is 45.6 Å². The molecule has 3 amide bonds. The molecule has 1 aliphatic heterocycles. The second-order valence-electron chi connectivity index (χ2n) is 6.70. The van der Waals surface area contributed by atoms with Crippen molar-refractivity contribution in [2.45, 2.75) is 45.7 Å². The maximum absolute atomic E-state index is 12.3. The zero-order chi connectivity index (χ0) is 19.6. The van der Waals surface area contributed by atoms with Gasteiger partial charge in [0.15, 0.2) is 0 Å². The predicted molar refractivity (Wildman–Crippen MR) is 102 cm³/mol. The molecule has 1 fully saturated rings. The zero-order valence-electron chi connectivity index (χ0n) is 16.1. The topological polar surface area (TPSA) is 79.0 Å². The number of nitrogens with zero attached hydrogens (tertiary/aromatic N) is 2. The van der Waals surface area contributed by atoms with Crippen LogP contribution in [0, 0.1) is 0 Å². The summed E-state index contributed by atoms with van der Waals surface area (Å²) in [4.78, 5) is 39.1. The monoisotopic (exact) mass is 375 g/mol. The highest BCUT2D eigenvalue weighted by molar-refractivity contribution is 5.78. The molecule has 0 bridgehead atoms. The van der Waals surface area contributed by atoms with E-state index in [0.717, 1.165) is 5.56 Å². The number of carbonyl (C=O) groups excluding carboxylic acids is 3. The highest BCUT2D eigenvalue weighted by Gasteiger charge is 2.24. The van der Waals surface area contributed by atoms with Crippen LogP contribution in [0.1, 0.15) is 38.7 Å². The van der Waals surface area contributed by atoms with Gasteiger partial charge in [-0.3, -0.25) is 9.59 Å². The summed E-state index contributed by atoms with van der Waals surface area (Å²) in [7, 11) is 0. The summed E-state index contributed by atoms with van der Waals surface area (Å²) in [6.45, 7) is 5.72. The number of hydrogen-bond acceptors (Lipinski definition) is 4. The number of ether oxygens (including phenoxy) is 1. The maximum Gasteiger partial charge on any atom is 0.409 e. The van der Waals surface area contributed by atoms with Crippen LogP contribution in [0.15, 0.2) is 30.3 Å². The molecule has 7 nitrogen and oxygen atoms in total. The van der Waals surface area contributed by atoms with Crippen LogP contribution in [0.5, 0.6) is 0 Å². The highest BCUT2D eigenvalue weighted by Crippen LogP contribution is 2.12. The Morgan fingerprint density at radius 1 is 1.19 bits per heavy atom. The van der Waals surface area contributed by atoms with Crippen molar-refractivity contribution >= 4 is 17.9 Å². The molecular formula is C20H29N3O4. The molecule has 0 saturated carbocycles. The first-order valence-electron chi connectivity index (χ1n) is 9.50. The van der Waals surface area contributed by atoms with Gasteiger partial charge in [-0.25, -0.2) is 4.79 Å². The molecule has 0 unspecified atom stereocenters. The first-order valence-corrected chi connectivity index (χ1v) is 9.50. The molecule has 1 heterocycles. The van der Waals surface area contributed by atoms with E-state index < -0.39 is 0 Å². The number of rotatable bonds is 7. The Labute approximate surface area is 160 Å². The van der Waals surface area contributed by atoms with Gasteiger partial charge >= 0.3 is 6.09 Å². The predicted octanol–water partition coefficient (Wildman–Crippen LogP) is 2.16. The summed E-state index contributed by atoms with van der Waals surface area (Å²) in [5.74, 6) is -0.113. The van der Waals surface area contributed by atoms with E-state index in [2.05, 4.69) is 5.32 Å². The molecule has 0 aromatic heterocycles. The van der Waals surface area contributed by atoms with Gasteiger partial charge in [0.25, 0.3) is 0 Å². The van der Waals surface area contributed by atoms with E-state index in [1.165, 1.54) is 6.92 Å². The van der Waals surface area contributed by atoms with Crippen molar-refractivity contribution in [3.63, 3.8) is 0 Å². The normalized spacial score (nSPS) is 14.5. The van der Waals surface area contributed by atoms with Crippen LogP contribution in [0.3, 0.4) is 0 Å². The number of nitrogens with one attached hydrogen (secondary N) is 1. The van der Waals surface area contributed by atoms with Crippen LogP contribution in [-0.2, 0) is 20.9 Å². The number of amides is 3. The minimum atomic E-state index is -0.291. The van der Waals surface area contributed by atoms with Gasteiger partial charge in [-0.2, -0.15) is 0 Å². The largest absolute Gasteiger partial charge is 0.450 e. The number of benzene rings is 1. The van der Waals surface area contributed by atoms with Gasteiger partial charge in [0, 0.05) is 45.6 Å². The van der Waals surface area contributed by atoms with E-state index in [1.807, 2.05) is 30.3 Å². The first-order chi connectivity index (χ1) is 13.0. The lowest BCUT2D eigenvalue weighted by Crippen LogP contribution is -2.47. The number of likely N-dealkylation sites (tertiary alicyclic amines) is 1. The molecule has 7 heteroatoms. The van der Waals surface area contributed by atoms with Crippen LogP contribution >= 0.6 is 0 Å². The van der Waals surface area contributed by atoms with Gasteiger partial charge < -0.3 is 19.9 Å². The fourth-order valence-corrected chi connectivity index (χ4v) is 3.11. The summed E-state index contributed by atoms with van der Waals surface area (Å²) in [6, 6.07) is 9.79. The smallest absolute Gasteiger partial charge is 0.409 e. The Balaban J connectivity index is 1.73. The molecule has 0 atom stereocenters. The molecule has 0 spiro atoms. The van der Waals surface area contributed by atoms with Crippen molar-refractivity contribution in [3.05, 3.63) is 35.9 Å². The Morgan fingerprint density at radius 2 is 1.85 bits per heavy atom. The Hall–Kier alpha value is -2.57. The lowest BCUT2D eigenvalue weighted by atomic mass is 10.1. The van der Waals surface area contributed by atoms with Crippen molar-refractivity contribution in [2.75, 3.05) is 26.2 Å². The molecule has 0 radical (unpaired) electrons. The van der Waals surface area contributed by atoms with Gasteiger partial charge in [0.2, 0.25) is 11.8 Å². The van der Waals surface area contributed by atoms with Gasteiger partial charge in [-0.05, 0) is 25.3 Å². The lowest BCUT2D eigenvalue weighted by Gasteiger charge is -2.31. The molecule has 1 aliphatic rings. The summed E-state index contributed by atoms with van der Waals surface area (Å²) in [5.41, 5.74) is 1.04. The Bertz CT molecular complexity index is 627.